The summed E-state index contributed by atoms with van der Waals surface area (Å²) in [6.07, 6.45) is 4.72. The van der Waals surface area contributed by atoms with Gasteiger partial charge in [-0.05, 0) is 54.3 Å². The minimum Gasteiger partial charge on any atom is -0.493 e. The molecule has 0 spiro atoms. The van der Waals surface area contributed by atoms with E-state index in [0.29, 0.717) is 23.6 Å². The van der Waals surface area contributed by atoms with E-state index in [1.165, 1.54) is 25.6 Å². The van der Waals surface area contributed by atoms with Gasteiger partial charge < -0.3 is 24.5 Å². The summed E-state index contributed by atoms with van der Waals surface area (Å²) in [5, 5.41) is 7.47. The highest BCUT2D eigenvalue weighted by molar-refractivity contribution is 7.10. The maximum absolute atomic E-state index is 12.8. The zero-order valence-electron chi connectivity index (χ0n) is 17.3. The monoisotopic (exact) mass is 440 g/mol. The van der Waals surface area contributed by atoms with Gasteiger partial charge in [-0.25, -0.2) is 0 Å². The molecule has 2 amide bonds. The van der Waals surface area contributed by atoms with Crippen LogP contribution in [0, 0.1) is 0 Å². The Morgan fingerprint density at radius 1 is 1.10 bits per heavy atom. The van der Waals surface area contributed by atoms with Gasteiger partial charge in [0, 0.05) is 23.4 Å². The first-order chi connectivity index (χ1) is 15.1. The average molecular weight is 441 g/mol. The SMILES string of the molecule is COc1ccc(C(=O)N/C(=C\c2cccs2)C(=O)NCCCc2ccco2)cc1OC. The molecule has 0 atom stereocenters. The smallest absolute Gasteiger partial charge is 0.267 e. The van der Waals surface area contributed by atoms with Crippen molar-refractivity contribution < 1.29 is 23.5 Å². The average Bonchev–Trinajstić information content (AvgIpc) is 3.49. The van der Waals surface area contributed by atoms with Gasteiger partial charge in [0.2, 0.25) is 0 Å². The van der Waals surface area contributed by atoms with Crippen LogP contribution in [-0.4, -0.2) is 32.6 Å². The zero-order chi connectivity index (χ0) is 22.1. The molecular weight excluding hydrogens is 416 g/mol. The maximum Gasteiger partial charge on any atom is 0.267 e. The van der Waals surface area contributed by atoms with Crippen LogP contribution in [-0.2, 0) is 11.2 Å². The third-order valence-corrected chi connectivity index (χ3v) is 5.25. The number of amides is 2. The first-order valence-electron chi connectivity index (χ1n) is 9.70. The number of nitrogens with one attached hydrogen (secondary N) is 2. The number of furan rings is 1. The molecule has 0 aliphatic rings. The van der Waals surface area contributed by atoms with Crippen LogP contribution < -0.4 is 20.1 Å². The molecule has 0 aliphatic carbocycles. The molecule has 1 aromatic carbocycles. The standard InChI is InChI=1S/C23H24N2O5S/c1-28-20-10-9-16(14-21(20)29-2)22(26)25-19(15-18-8-5-13-31-18)23(27)24-11-3-6-17-7-4-12-30-17/h4-5,7-10,12-15H,3,6,11H2,1-2H3,(H,24,27)(H,25,26)/b19-15-. The van der Waals surface area contributed by atoms with Gasteiger partial charge in [0.15, 0.2) is 11.5 Å². The second-order valence-electron chi connectivity index (χ2n) is 6.54. The van der Waals surface area contributed by atoms with Crippen molar-refractivity contribution in [2.45, 2.75) is 12.8 Å². The third kappa shape index (κ3) is 6.23. The second kappa shape index (κ2) is 11.0. The Kier molecular flexibility index (Phi) is 7.89. The lowest BCUT2D eigenvalue weighted by Gasteiger charge is -2.12. The quantitative estimate of drug-likeness (QED) is 0.369. The predicted octanol–water partition coefficient (Wildman–Crippen LogP) is 3.88. The van der Waals surface area contributed by atoms with Crippen LogP contribution in [0.25, 0.3) is 6.08 Å². The molecule has 0 bridgehead atoms. The van der Waals surface area contributed by atoms with Gasteiger partial charge in [0.1, 0.15) is 11.5 Å². The third-order valence-electron chi connectivity index (χ3n) is 4.43. The summed E-state index contributed by atoms with van der Waals surface area (Å²) in [7, 11) is 3.02. The van der Waals surface area contributed by atoms with Gasteiger partial charge in [-0.15, -0.1) is 11.3 Å². The summed E-state index contributed by atoms with van der Waals surface area (Å²) in [4.78, 5) is 26.4. The molecule has 8 heteroatoms. The molecule has 2 N–H and O–H groups in total. The Labute approximate surface area is 184 Å². The Balaban J connectivity index is 1.68. The van der Waals surface area contributed by atoms with E-state index in [4.69, 9.17) is 13.9 Å². The highest BCUT2D eigenvalue weighted by Crippen LogP contribution is 2.27. The molecule has 162 valence electrons. The molecule has 31 heavy (non-hydrogen) atoms. The molecule has 2 heterocycles. The predicted molar refractivity (Wildman–Crippen MR) is 119 cm³/mol. The second-order valence-corrected chi connectivity index (χ2v) is 7.52. The normalized spacial score (nSPS) is 11.1. The van der Waals surface area contributed by atoms with Crippen LogP contribution in [0.3, 0.4) is 0 Å². The zero-order valence-corrected chi connectivity index (χ0v) is 18.2. The number of thiophene rings is 1. The van der Waals surface area contributed by atoms with Crippen LogP contribution in [0.4, 0.5) is 0 Å². The van der Waals surface area contributed by atoms with Crippen LogP contribution in [0.2, 0.25) is 0 Å². The Morgan fingerprint density at radius 3 is 2.61 bits per heavy atom. The van der Waals surface area contributed by atoms with Gasteiger partial charge in [-0.3, -0.25) is 9.59 Å². The number of ether oxygens (including phenoxy) is 2. The van der Waals surface area contributed by atoms with Gasteiger partial charge in [-0.1, -0.05) is 6.07 Å². The number of benzene rings is 1. The van der Waals surface area contributed by atoms with E-state index in [1.54, 1.807) is 30.5 Å². The van der Waals surface area contributed by atoms with Gasteiger partial charge in [0.25, 0.3) is 11.8 Å². The summed E-state index contributed by atoms with van der Waals surface area (Å²) >= 11 is 1.47. The molecule has 0 saturated heterocycles. The van der Waals surface area contributed by atoms with E-state index in [-0.39, 0.29) is 11.6 Å². The lowest BCUT2D eigenvalue weighted by atomic mass is 10.1. The van der Waals surface area contributed by atoms with E-state index in [1.807, 2.05) is 29.6 Å². The molecule has 7 nitrogen and oxygen atoms in total. The molecule has 0 fully saturated rings. The molecule has 3 rings (SSSR count). The molecule has 0 radical (unpaired) electrons. The summed E-state index contributed by atoms with van der Waals surface area (Å²) in [6.45, 7) is 0.452. The van der Waals surface area contributed by atoms with Crippen LogP contribution >= 0.6 is 11.3 Å². The van der Waals surface area contributed by atoms with Crippen molar-refractivity contribution in [3.63, 3.8) is 0 Å². The summed E-state index contributed by atoms with van der Waals surface area (Å²) in [6, 6.07) is 12.3. The fourth-order valence-corrected chi connectivity index (χ4v) is 3.52. The molecule has 0 unspecified atom stereocenters. The highest BCUT2D eigenvalue weighted by atomic mass is 32.1. The fraction of sp³-hybridized carbons (Fsp3) is 0.217. The van der Waals surface area contributed by atoms with Crippen molar-refractivity contribution in [3.8, 4) is 11.5 Å². The molecule has 0 saturated carbocycles. The van der Waals surface area contributed by atoms with Gasteiger partial charge >= 0.3 is 0 Å². The van der Waals surface area contributed by atoms with Crippen molar-refractivity contribution in [3.05, 3.63) is 76.0 Å². The van der Waals surface area contributed by atoms with Crippen LogP contribution in [0.1, 0.15) is 27.4 Å². The van der Waals surface area contributed by atoms with Gasteiger partial charge in [-0.2, -0.15) is 0 Å². The Hall–Kier alpha value is -3.52. The van der Waals surface area contributed by atoms with E-state index < -0.39 is 5.91 Å². The first-order valence-corrected chi connectivity index (χ1v) is 10.6. The van der Waals surface area contributed by atoms with Crippen molar-refractivity contribution in [2.24, 2.45) is 0 Å². The molecular formula is C23H24N2O5S. The van der Waals surface area contributed by atoms with Crippen LogP contribution in [0.15, 0.2) is 64.2 Å². The van der Waals surface area contributed by atoms with Crippen molar-refractivity contribution >= 4 is 29.2 Å². The number of rotatable bonds is 10. The minimum absolute atomic E-state index is 0.167. The number of carbonyl (C=O) groups is 2. The number of methoxy groups -OCH3 is 2. The first kappa shape index (κ1) is 22.2. The van der Waals surface area contributed by atoms with E-state index in [9.17, 15) is 9.59 Å². The Morgan fingerprint density at radius 2 is 1.94 bits per heavy atom. The van der Waals surface area contributed by atoms with E-state index >= 15 is 0 Å². The van der Waals surface area contributed by atoms with Crippen molar-refractivity contribution in [1.82, 2.24) is 10.6 Å². The topological polar surface area (TPSA) is 89.8 Å². The van der Waals surface area contributed by atoms with E-state index in [2.05, 4.69) is 10.6 Å². The van der Waals surface area contributed by atoms with Gasteiger partial charge in [0.05, 0.1) is 20.5 Å². The van der Waals surface area contributed by atoms with Crippen molar-refractivity contribution in [1.29, 1.82) is 0 Å². The lowest BCUT2D eigenvalue weighted by Crippen LogP contribution is -2.35. The lowest BCUT2D eigenvalue weighted by molar-refractivity contribution is -0.117. The highest BCUT2D eigenvalue weighted by Gasteiger charge is 2.16. The Bertz CT molecular complexity index is 1030. The molecule has 0 aliphatic heterocycles. The van der Waals surface area contributed by atoms with E-state index in [0.717, 1.165) is 23.5 Å². The number of hydrogen-bond acceptors (Lipinski definition) is 6. The molecule has 3 aromatic rings. The van der Waals surface area contributed by atoms with Crippen LogP contribution in [0.5, 0.6) is 11.5 Å². The fourth-order valence-electron chi connectivity index (χ4n) is 2.86. The largest absolute Gasteiger partial charge is 0.493 e. The van der Waals surface area contributed by atoms with Crippen molar-refractivity contribution in [2.75, 3.05) is 20.8 Å². The summed E-state index contributed by atoms with van der Waals surface area (Å²) in [5.41, 5.74) is 0.514. The molecule has 2 aromatic heterocycles. The maximum atomic E-state index is 12.8. The number of carbonyl (C=O) groups excluding carboxylic acids is 2. The summed E-state index contributed by atoms with van der Waals surface area (Å²) < 4.78 is 15.8. The number of hydrogen-bond donors (Lipinski definition) is 2. The number of aryl methyl sites for hydroxylation is 1. The minimum atomic E-state index is -0.422. The summed E-state index contributed by atoms with van der Waals surface area (Å²) in [5.74, 6) is 1.03.